The van der Waals surface area contributed by atoms with Crippen molar-refractivity contribution in [1.29, 1.82) is 5.26 Å². The van der Waals surface area contributed by atoms with Crippen LogP contribution in [0.2, 0.25) is 0 Å². The van der Waals surface area contributed by atoms with Crippen LogP contribution in [0.25, 0.3) is 0 Å². The molecule has 0 fully saturated rings. The molecule has 0 unspecified atom stereocenters. The van der Waals surface area contributed by atoms with Crippen molar-refractivity contribution >= 4 is 21.8 Å². The molecule has 0 aromatic heterocycles. The Bertz CT molecular complexity index is 102. The Morgan fingerprint density at radius 1 is 1.89 bits per heavy atom. The van der Waals surface area contributed by atoms with Crippen LogP contribution in [-0.4, -0.2) is 18.3 Å². The van der Waals surface area contributed by atoms with E-state index < -0.39 is 0 Å². The standard InChI is InChI=1S/C3H6BrNO.C2H3N/c1-5-3(6)2-4;1-2-3/h2H2,1H3,(H,5,6);1H3. The molecule has 0 aromatic rings. The largest absolute Gasteiger partial charge is 0.358 e. The van der Waals surface area contributed by atoms with E-state index in [1.165, 1.54) is 6.92 Å². The number of hydrogen-bond acceptors (Lipinski definition) is 2. The van der Waals surface area contributed by atoms with Gasteiger partial charge in [-0.2, -0.15) is 5.26 Å². The highest BCUT2D eigenvalue weighted by molar-refractivity contribution is 9.09. The van der Waals surface area contributed by atoms with Gasteiger partial charge in [0.1, 0.15) is 0 Å². The zero-order chi connectivity index (χ0) is 7.70. The van der Waals surface area contributed by atoms with Gasteiger partial charge >= 0.3 is 0 Å². The van der Waals surface area contributed by atoms with Gasteiger partial charge in [-0.05, 0) is 0 Å². The van der Waals surface area contributed by atoms with Crippen LogP contribution >= 0.6 is 15.9 Å². The molecule has 0 radical (unpaired) electrons. The molecule has 9 heavy (non-hydrogen) atoms. The lowest BCUT2D eigenvalue weighted by molar-refractivity contribution is -0.117. The van der Waals surface area contributed by atoms with E-state index in [0.717, 1.165) is 0 Å². The van der Waals surface area contributed by atoms with Crippen LogP contribution in [0, 0.1) is 11.3 Å². The Balaban J connectivity index is 0. The molecule has 1 amide bonds. The number of hydrogen-bond donors (Lipinski definition) is 1. The van der Waals surface area contributed by atoms with Crippen molar-refractivity contribution in [2.45, 2.75) is 6.92 Å². The molecule has 0 spiro atoms. The lowest BCUT2D eigenvalue weighted by Gasteiger charge is -1.85. The molecule has 3 nitrogen and oxygen atoms in total. The third-order valence-electron chi connectivity index (χ3n) is 0.400. The van der Waals surface area contributed by atoms with Gasteiger partial charge in [-0.15, -0.1) is 0 Å². The predicted molar refractivity (Wildman–Crippen MR) is 39.1 cm³/mol. The fourth-order valence-electron chi connectivity index (χ4n) is 0.0668. The maximum absolute atomic E-state index is 10.0. The molecule has 4 heteroatoms. The SMILES string of the molecule is CC#N.CNC(=O)CBr. The number of alkyl halides is 1. The van der Waals surface area contributed by atoms with Crippen molar-refractivity contribution in [1.82, 2.24) is 5.32 Å². The quantitative estimate of drug-likeness (QED) is 0.621. The first-order chi connectivity index (χ1) is 4.22. The van der Waals surface area contributed by atoms with Crippen molar-refractivity contribution in [2.24, 2.45) is 0 Å². The molecule has 1 N–H and O–H groups in total. The summed E-state index contributed by atoms with van der Waals surface area (Å²) in [5.74, 6) is 0.00926. The molecule has 0 aliphatic rings. The molecular weight excluding hydrogens is 184 g/mol. The molecule has 0 atom stereocenters. The second-order valence-electron chi connectivity index (χ2n) is 1.03. The molecule has 0 saturated heterocycles. The van der Waals surface area contributed by atoms with Crippen molar-refractivity contribution in [3.05, 3.63) is 0 Å². The number of amides is 1. The topological polar surface area (TPSA) is 52.9 Å². The number of carbonyl (C=O) groups excluding carboxylic acids is 1. The van der Waals surface area contributed by atoms with Crippen LogP contribution in [0.5, 0.6) is 0 Å². The van der Waals surface area contributed by atoms with E-state index in [1.807, 2.05) is 0 Å². The van der Waals surface area contributed by atoms with E-state index in [9.17, 15) is 4.79 Å². The summed E-state index contributed by atoms with van der Waals surface area (Å²) in [6.07, 6.45) is 0. The number of nitriles is 1. The molecule has 0 saturated carbocycles. The van der Waals surface area contributed by atoms with Gasteiger partial charge in [0.2, 0.25) is 5.91 Å². The molecule has 52 valence electrons. The first-order valence-electron chi connectivity index (χ1n) is 2.30. The monoisotopic (exact) mass is 192 g/mol. The minimum atomic E-state index is 0.00926. The third-order valence-corrected chi connectivity index (χ3v) is 0.909. The van der Waals surface area contributed by atoms with Gasteiger partial charge in [0, 0.05) is 14.0 Å². The second-order valence-corrected chi connectivity index (χ2v) is 1.59. The molecule has 0 rings (SSSR count). The smallest absolute Gasteiger partial charge is 0.230 e. The summed E-state index contributed by atoms with van der Waals surface area (Å²) in [7, 11) is 1.60. The van der Waals surface area contributed by atoms with Crippen LogP contribution in [0.1, 0.15) is 6.92 Å². The number of carbonyl (C=O) groups is 1. The summed E-state index contributed by atoms with van der Waals surface area (Å²) in [4.78, 5) is 10.0. The lowest BCUT2D eigenvalue weighted by atomic mass is 10.7. The predicted octanol–water partition coefficient (Wildman–Crippen LogP) is 0.657. The minimum Gasteiger partial charge on any atom is -0.358 e. The highest BCUT2D eigenvalue weighted by atomic mass is 79.9. The van der Waals surface area contributed by atoms with E-state index in [-0.39, 0.29) is 5.91 Å². The molecule has 0 aliphatic carbocycles. The number of rotatable bonds is 1. The van der Waals surface area contributed by atoms with Crippen LogP contribution < -0.4 is 5.32 Å². The molecule has 0 bridgehead atoms. The van der Waals surface area contributed by atoms with Crippen molar-refractivity contribution in [2.75, 3.05) is 12.4 Å². The maximum atomic E-state index is 10.0. The summed E-state index contributed by atoms with van der Waals surface area (Å²) in [6, 6.07) is 1.75. The average Bonchev–Trinajstić information content (AvgIpc) is 1.88. The Labute approximate surface area is 63.2 Å². The molecular formula is C5H9BrN2O. The van der Waals surface area contributed by atoms with Gasteiger partial charge < -0.3 is 5.32 Å². The highest BCUT2D eigenvalue weighted by Gasteiger charge is 1.86. The molecule has 0 aromatic carbocycles. The zero-order valence-electron chi connectivity index (χ0n) is 5.44. The van der Waals surface area contributed by atoms with Crippen LogP contribution in [-0.2, 0) is 4.79 Å². The van der Waals surface area contributed by atoms with Crippen molar-refractivity contribution in [3.63, 3.8) is 0 Å². The van der Waals surface area contributed by atoms with Crippen LogP contribution in [0.3, 0.4) is 0 Å². The first-order valence-corrected chi connectivity index (χ1v) is 3.42. The van der Waals surface area contributed by atoms with Gasteiger partial charge in [-0.25, -0.2) is 0 Å². The molecule has 0 heterocycles. The normalized spacial score (nSPS) is 6.00. The maximum Gasteiger partial charge on any atom is 0.230 e. The Kier molecular flexibility index (Phi) is 13.1. The van der Waals surface area contributed by atoms with Crippen LogP contribution in [0.4, 0.5) is 0 Å². The fourth-order valence-corrected chi connectivity index (χ4v) is 0.347. The Hall–Kier alpha value is -0.560. The second kappa shape index (κ2) is 10.4. The van der Waals surface area contributed by atoms with Crippen molar-refractivity contribution in [3.8, 4) is 6.07 Å². The van der Waals surface area contributed by atoms with E-state index in [0.29, 0.717) is 5.33 Å². The Morgan fingerprint density at radius 3 is 2.22 bits per heavy atom. The number of halogens is 1. The highest BCUT2D eigenvalue weighted by Crippen LogP contribution is 1.74. The summed E-state index contributed by atoms with van der Waals surface area (Å²) < 4.78 is 0. The third kappa shape index (κ3) is 18.6. The zero-order valence-corrected chi connectivity index (χ0v) is 7.03. The number of nitrogens with one attached hydrogen (secondary N) is 1. The van der Waals surface area contributed by atoms with Crippen molar-refractivity contribution < 1.29 is 4.79 Å². The average molecular weight is 193 g/mol. The summed E-state index contributed by atoms with van der Waals surface area (Å²) in [6.45, 7) is 1.43. The van der Waals surface area contributed by atoms with Crippen LogP contribution in [0.15, 0.2) is 0 Å². The van der Waals surface area contributed by atoms with E-state index >= 15 is 0 Å². The van der Waals surface area contributed by atoms with Gasteiger partial charge in [-0.3, -0.25) is 4.79 Å². The van der Waals surface area contributed by atoms with E-state index in [2.05, 4.69) is 21.2 Å². The van der Waals surface area contributed by atoms with E-state index in [4.69, 9.17) is 5.26 Å². The van der Waals surface area contributed by atoms with E-state index in [1.54, 1.807) is 13.1 Å². The Morgan fingerprint density at radius 2 is 2.22 bits per heavy atom. The van der Waals surface area contributed by atoms with Gasteiger partial charge in [0.15, 0.2) is 0 Å². The number of nitrogens with zero attached hydrogens (tertiary/aromatic N) is 1. The molecule has 0 aliphatic heterocycles. The summed E-state index contributed by atoms with van der Waals surface area (Å²) >= 11 is 2.96. The minimum absolute atomic E-state index is 0.00926. The summed E-state index contributed by atoms with van der Waals surface area (Å²) in [5, 5.41) is 10.1. The van der Waals surface area contributed by atoms with Gasteiger partial charge in [0.05, 0.1) is 11.4 Å². The van der Waals surface area contributed by atoms with Gasteiger partial charge in [-0.1, -0.05) is 15.9 Å². The fraction of sp³-hybridized carbons (Fsp3) is 0.600. The first kappa shape index (κ1) is 11.3. The van der Waals surface area contributed by atoms with Gasteiger partial charge in [0.25, 0.3) is 0 Å². The lowest BCUT2D eigenvalue weighted by Crippen LogP contribution is -2.18. The summed E-state index contributed by atoms with van der Waals surface area (Å²) in [5.41, 5.74) is 0.